The van der Waals surface area contributed by atoms with Gasteiger partial charge in [0.2, 0.25) is 10.0 Å². The summed E-state index contributed by atoms with van der Waals surface area (Å²) < 4.78 is 31.1. The highest BCUT2D eigenvalue weighted by Crippen LogP contribution is 2.23. The molecule has 27 heavy (non-hydrogen) atoms. The lowest BCUT2D eigenvalue weighted by Crippen LogP contribution is -2.52. The highest BCUT2D eigenvalue weighted by atomic mass is 35.5. The molecule has 1 amide bonds. The number of carbonyl (C=O) groups excluding carboxylic acids is 2. The minimum absolute atomic E-state index is 0.0617. The molecule has 0 bridgehead atoms. The standard InChI is InChI=1S/C17H22ClN3O5S/c1-10(2)17(4,9-19)21-15(22)11(3)26-16(23)12-6-7-13(18)14(8-12)27(24,25)20-5/h6-8,10-11,20H,1-5H3,(H,21,22)/t11-,17-/m0/s1. The van der Waals surface area contributed by atoms with E-state index in [1.165, 1.54) is 26.1 Å². The number of ether oxygens (including phenoxy) is 1. The van der Waals surface area contributed by atoms with Gasteiger partial charge in [-0.05, 0) is 45.0 Å². The van der Waals surface area contributed by atoms with E-state index in [1.807, 2.05) is 6.07 Å². The Hall–Kier alpha value is -2.15. The third-order valence-corrected chi connectivity index (χ3v) is 6.04. The number of benzene rings is 1. The third kappa shape index (κ3) is 5.42. The average molecular weight is 416 g/mol. The zero-order valence-corrected chi connectivity index (χ0v) is 17.2. The minimum Gasteiger partial charge on any atom is -0.449 e. The number of nitrogens with one attached hydrogen (secondary N) is 2. The Morgan fingerprint density at radius 2 is 1.89 bits per heavy atom. The highest BCUT2D eigenvalue weighted by molar-refractivity contribution is 7.89. The first-order chi connectivity index (χ1) is 12.4. The Balaban J connectivity index is 2.98. The summed E-state index contributed by atoms with van der Waals surface area (Å²) >= 11 is 5.87. The molecule has 2 N–H and O–H groups in total. The number of carbonyl (C=O) groups is 2. The number of rotatable bonds is 7. The van der Waals surface area contributed by atoms with Crippen molar-refractivity contribution in [3.05, 3.63) is 28.8 Å². The number of hydrogen-bond donors (Lipinski definition) is 2. The number of hydrogen-bond acceptors (Lipinski definition) is 6. The molecular formula is C17H22ClN3O5S. The van der Waals surface area contributed by atoms with Crippen LogP contribution in [0.1, 0.15) is 38.1 Å². The lowest BCUT2D eigenvalue weighted by atomic mass is 9.90. The van der Waals surface area contributed by atoms with Crippen molar-refractivity contribution in [2.24, 2.45) is 5.92 Å². The lowest BCUT2D eigenvalue weighted by molar-refractivity contribution is -0.130. The van der Waals surface area contributed by atoms with E-state index in [9.17, 15) is 23.3 Å². The minimum atomic E-state index is -3.87. The molecule has 0 heterocycles. The van der Waals surface area contributed by atoms with E-state index in [-0.39, 0.29) is 21.4 Å². The largest absolute Gasteiger partial charge is 0.449 e. The normalized spacial score (nSPS) is 14.7. The van der Waals surface area contributed by atoms with Crippen LogP contribution in [-0.4, -0.2) is 39.0 Å². The molecule has 1 rings (SSSR count). The first-order valence-corrected chi connectivity index (χ1v) is 9.91. The van der Waals surface area contributed by atoms with Crippen molar-refractivity contribution in [3.63, 3.8) is 0 Å². The van der Waals surface area contributed by atoms with E-state index in [1.54, 1.807) is 20.8 Å². The first kappa shape index (κ1) is 22.9. The van der Waals surface area contributed by atoms with Gasteiger partial charge in [-0.25, -0.2) is 17.9 Å². The number of sulfonamides is 1. The number of nitrogens with zero attached hydrogens (tertiary/aromatic N) is 1. The van der Waals surface area contributed by atoms with Crippen molar-refractivity contribution in [2.45, 2.75) is 44.2 Å². The summed E-state index contributed by atoms with van der Waals surface area (Å²) in [4.78, 5) is 24.2. The number of nitriles is 1. The smallest absolute Gasteiger partial charge is 0.338 e. The molecule has 0 aliphatic rings. The fourth-order valence-corrected chi connectivity index (χ4v) is 3.14. The maximum Gasteiger partial charge on any atom is 0.338 e. The van der Waals surface area contributed by atoms with Crippen LogP contribution >= 0.6 is 11.6 Å². The maximum atomic E-state index is 12.3. The molecule has 0 saturated heterocycles. The second-order valence-corrected chi connectivity index (χ2v) is 8.62. The van der Waals surface area contributed by atoms with E-state index >= 15 is 0 Å². The van der Waals surface area contributed by atoms with Crippen LogP contribution in [-0.2, 0) is 19.6 Å². The van der Waals surface area contributed by atoms with Crippen molar-refractivity contribution < 1.29 is 22.7 Å². The van der Waals surface area contributed by atoms with Gasteiger partial charge in [0, 0.05) is 0 Å². The predicted molar refractivity (Wildman–Crippen MR) is 99.6 cm³/mol. The summed E-state index contributed by atoms with van der Waals surface area (Å²) in [7, 11) is -2.66. The fraction of sp³-hybridized carbons (Fsp3) is 0.471. The summed E-state index contributed by atoms with van der Waals surface area (Å²) in [6.45, 7) is 6.47. The van der Waals surface area contributed by atoms with Gasteiger partial charge < -0.3 is 10.1 Å². The van der Waals surface area contributed by atoms with Gasteiger partial charge in [0.15, 0.2) is 6.10 Å². The predicted octanol–water partition coefficient (Wildman–Crippen LogP) is 1.85. The summed E-state index contributed by atoms with van der Waals surface area (Å²) in [6, 6.07) is 5.63. The molecule has 0 saturated carbocycles. The van der Waals surface area contributed by atoms with Crippen LogP contribution in [0, 0.1) is 17.2 Å². The molecular weight excluding hydrogens is 394 g/mol. The number of amides is 1. The zero-order valence-electron chi connectivity index (χ0n) is 15.7. The van der Waals surface area contributed by atoms with E-state index in [2.05, 4.69) is 10.0 Å². The summed E-state index contributed by atoms with van der Waals surface area (Å²) in [5.74, 6) is -1.71. The Labute approximate surface area is 163 Å². The van der Waals surface area contributed by atoms with Gasteiger partial charge in [-0.3, -0.25) is 4.79 Å². The van der Waals surface area contributed by atoms with Crippen LogP contribution in [0.25, 0.3) is 0 Å². The fourth-order valence-electron chi connectivity index (χ4n) is 1.89. The molecule has 0 aromatic heterocycles. The Bertz CT molecular complexity index is 879. The van der Waals surface area contributed by atoms with Crippen LogP contribution in [0.15, 0.2) is 23.1 Å². The van der Waals surface area contributed by atoms with E-state index in [0.29, 0.717) is 0 Å². The Morgan fingerprint density at radius 3 is 2.37 bits per heavy atom. The molecule has 0 radical (unpaired) electrons. The molecule has 0 fully saturated rings. The van der Waals surface area contributed by atoms with Gasteiger partial charge in [0.05, 0.1) is 16.7 Å². The van der Waals surface area contributed by atoms with Gasteiger partial charge in [-0.1, -0.05) is 25.4 Å². The van der Waals surface area contributed by atoms with Crippen molar-refractivity contribution in [1.29, 1.82) is 5.26 Å². The van der Waals surface area contributed by atoms with E-state index in [4.69, 9.17) is 16.3 Å². The Morgan fingerprint density at radius 1 is 1.30 bits per heavy atom. The number of esters is 1. The molecule has 1 aromatic carbocycles. The second kappa shape index (κ2) is 8.69. The van der Waals surface area contributed by atoms with Gasteiger partial charge in [-0.15, -0.1) is 0 Å². The molecule has 2 atom stereocenters. The van der Waals surface area contributed by atoms with Crippen LogP contribution < -0.4 is 10.0 Å². The lowest BCUT2D eigenvalue weighted by Gasteiger charge is -2.28. The average Bonchev–Trinajstić information content (AvgIpc) is 2.61. The molecule has 0 unspecified atom stereocenters. The van der Waals surface area contributed by atoms with Crippen LogP contribution in [0.4, 0.5) is 0 Å². The van der Waals surface area contributed by atoms with E-state index < -0.39 is 33.5 Å². The molecule has 0 aliphatic carbocycles. The van der Waals surface area contributed by atoms with Crippen molar-refractivity contribution in [1.82, 2.24) is 10.0 Å². The summed E-state index contributed by atoms with van der Waals surface area (Å²) in [6.07, 6.45) is -1.19. The van der Waals surface area contributed by atoms with E-state index in [0.717, 1.165) is 6.07 Å². The first-order valence-electron chi connectivity index (χ1n) is 8.05. The monoisotopic (exact) mass is 415 g/mol. The molecule has 148 valence electrons. The third-order valence-electron chi connectivity index (χ3n) is 4.15. The second-order valence-electron chi connectivity index (χ2n) is 6.36. The van der Waals surface area contributed by atoms with Gasteiger partial charge in [-0.2, -0.15) is 5.26 Å². The Kier molecular flexibility index (Phi) is 7.37. The SMILES string of the molecule is CNS(=O)(=O)c1cc(C(=O)O[C@@H](C)C(=O)N[C@@](C)(C#N)C(C)C)ccc1Cl. The van der Waals surface area contributed by atoms with Gasteiger partial charge >= 0.3 is 5.97 Å². The topological polar surface area (TPSA) is 125 Å². The quantitative estimate of drug-likeness (QED) is 0.654. The van der Waals surface area contributed by atoms with Crippen molar-refractivity contribution in [2.75, 3.05) is 7.05 Å². The van der Waals surface area contributed by atoms with Gasteiger partial charge in [0.25, 0.3) is 5.91 Å². The maximum absolute atomic E-state index is 12.3. The molecule has 0 spiro atoms. The van der Waals surface area contributed by atoms with Crippen molar-refractivity contribution >= 4 is 33.5 Å². The molecule has 0 aliphatic heterocycles. The summed E-state index contributed by atoms with van der Waals surface area (Å²) in [5.41, 5.74) is -1.20. The van der Waals surface area contributed by atoms with Crippen molar-refractivity contribution in [3.8, 4) is 6.07 Å². The highest BCUT2D eigenvalue weighted by Gasteiger charge is 2.32. The zero-order chi connectivity index (χ0) is 21.0. The van der Waals surface area contributed by atoms with Crippen LogP contribution in [0.3, 0.4) is 0 Å². The summed E-state index contributed by atoms with van der Waals surface area (Å²) in [5, 5.41) is 11.7. The van der Waals surface area contributed by atoms with Crippen LogP contribution in [0.5, 0.6) is 0 Å². The van der Waals surface area contributed by atoms with Crippen LogP contribution in [0.2, 0.25) is 5.02 Å². The molecule has 1 aromatic rings. The van der Waals surface area contributed by atoms with Gasteiger partial charge in [0.1, 0.15) is 10.4 Å². The molecule has 8 nitrogen and oxygen atoms in total. The number of halogens is 1. The molecule has 10 heteroatoms.